The van der Waals surface area contributed by atoms with Gasteiger partial charge in [-0.2, -0.15) is 0 Å². The Morgan fingerprint density at radius 3 is 2.18 bits per heavy atom. The van der Waals surface area contributed by atoms with Crippen LogP contribution in [0, 0.1) is 0 Å². The quantitative estimate of drug-likeness (QED) is 0.787. The lowest BCUT2D eigenvalue weighted by Gasteiger charge is -2.21. The molecule has 17 heavy (non-hydrogen) atoms. The number of aromatic nitrogens is 1. The fraction of sp³-hybridized carbons (Fsp3) is 0.222. The first-order valence-electron chi connectivity index (χ1n) is 4.52. The highest BCUT2D eigenvalue weighted by Crippen LogP contribution is 2.26. The van der Waals surface area contributed by atoms with Gasteiger partial charge in [0.1, 0.15) is 5.82 Å². The van der Waals surface area contributed by atoms with Gasteiger partial charge >= 0.3 is 0 Å². The van der Waals surface area contributed by atoms with Crippen LogP contribution in [0.25, 0.3) is 0 Å². The van der Waals surface area contributed by atoms with E-state index >= 15 is 0 Å². The molecule has 2 amide bonds. The number of rotatable bonds is 5. The third kappa shape index (κ3) is 4.31. The van der Waals surface area contributed by atoms with Crippen molar-refractivity contribution in [3.05, 3.63) is 21.2 Å². The summed E-state index contributed by atoms with van der Waals surface area (Å²) in [5.41, 5.74) is 10.2. The topological polar surface area (TPSA) is 102 Å². The summed E-state index contributed by atoms with van der Waals surface area (Å²) in [5.74, 6) is -0.698. The van der Waals surface area contributed by atoms with Crippen LogP contribution in [-0.4, -0.2) is 29.9 Å². The summed E-state index contributed by atoms with van der Waals surface area (Å²) in [5, 5.41) is 0. The molecule has 0 saturated heterocycles. The van der Waals surface area contributed by atoms with Crippen molar-refractivity contribution in [2.75, 3.05) is 18.0 Å². The van der Waals surface area contributed by atoms with Crippen LogP contribution in [0.4, 0.5) is 5.82 Å². The summed E-state index contributed by atoms with van der Waals surface area (Å²) < 4.78 is 1.40. The number of carbonyl (C=O) groups is 2. The van der Waals surface area contributed by atoms with Gasteiger partial charge in [-0.3, -0.25) is 9.59 Å². The lowest BCUT2D eigenvalue weighted by molar-refractivity contribution is -0.117. The normalized spacial score (nSPS) is 10.0. The van der Waals surface area contributed by atoms with Crippen molar-refractivity contribution in [3.8, 4) is 0 Å². The van der Waals surface area contributed by atoms with Crippen molar-refractivity contribution in [1.29, 1.82) is 0 Å². The zero-order valence-electron chi connectivity index (χ0n) is 8.69. The SMILES string of the molecule is NC(=O)CN(CC(N)=O)c1ncc(Br)cc1Br. The molecule has 0 aliphatic rings. The molecule has 8 heteroatoms. The molecular weight excluding hydrogens is 356 g/mol. The third-order valence-corrected chi connectivity index (χ3v) is 2.80. The van der Waals surface area contributed by atoms with E-state index in [1.54, 1.807) is 12.3 Å². The lowest BCUT2D eigenvalue weighted by Crippen LogP contribution is -2.40. The number of pyridine rings is 1. The Labute approximate surface area is 115 Å². The second-order valence-corrected chi connectivity index (χ2v) is 5.02. The van der Waals surface area contributed by atoms with Crippen LogP contribution in [0.3, 0.4) is 0 Å². The standard InChI is InChI=1S/C9H10Br2N4O2/c10-5-1-6(11)9(14-2-5)15(3-7(12)16)4-8(13)17/h1-2H,3-4H2,(H2,12,16)(H2,13,17). The molecule has 1 rings (SSSR count). The van der Waals surface area contributed by atoms with Crippen LogP contribution in [0.1, 0.15) is 0 Å². The van der Waals surface area contributed by atoms with Crippen LogP contribution < -0.4 is 16.4 Å². The maximum absolute atomic E-state index is 10.9. The summed E-state index contributed by atoms with van der Waals surface area (Å²) in [7, 11) is 0. The predicted molar refractivity (Wildman–Crippen MR) is 70.2 cm³/mol. The monoisotopic (exact) mass is 364 g/mol. The van der Waals surface area contributed by atoms with Crippen molar-refractivity contribution < 1.29 is 9.59 Å². The Kier molecular flexibility index (Phi) is 4.88. The van der Waals surface area contributed by atoms with Crippen molar-refractivity contribution in [3.63, 3.8) is 0 Å². The van der Waals surface area contributed by atoms with E-state index < -0.39 is 11.8 Å². The number of hydrogen-bond acceptors (Lipinski definition) is 4. The van der Waals surface area contributed by atoms with Crippen LogP contribution >= 0.6 is 31.9 Å². The average molecular weight is 366 g/mol. The molecule has 0 fully saturated rings. The molecule has 0 atom stereocenters. The van der Waals surface area contributed by atoms with E-state index in [1.165, 1.54) is 4.90 Å². The van der Waals surface area contributed by atoms with E-state index in [9.17, 15) is 9.59 Å². The van der Waals surface area contributed by atoms with Gasteiger partial charge in [0.2, 0.25) is 11.8 Å². The van der Waals surface area contributed by atoms with Gasteiger partial charge in [-0.05, 0) is 37.9 Å². The fourth-order valence-corrected chi connectivity index (χ4v) is 2.46. The first-order chi connectivity index (χ1) is 7.90. The fourth-order valence-electron chi connectivity index (χ4n) is 1.22. The molecule has 6 nitrogen and oxygen atoms in total. The minimum atomic E-state index is -0.567. The van der Waals surface area contributed by atoms with Crippen LogP contribution in [-0.2, 0) is 9.59 Å². The number of primary amides is 2. The molecule has 0 saturated carbocycles. The lowest BCUT2D eigenvalue weighted by atomic mass is 10.4. The molecular formula is C9H10Br2N4O2. The molecule has 1 heterocycles. The molecule has 1 aromatic heterocycles. The smallest absolute Gasteiger partial charge is 0.237 e. The maximum Gasteiger partial charge on any atom is 0.237 e. The van der Waals surface area contributed by atoms with Crippen molar-refractivity contribution in [2.24, 2.45) is 11.5 Å². The Hall–Kier alpha value is -1.15. The predicted octanol–water partition coefficient (Wildman–Crippen LogP) is 0.384. The van der Waals surface area contributed by atoms with E-state index in [0.29, 0.717) is 10.3 Å². The van der Waals surface area contributed by atoms with Gasteiger partial charge in [-0.25, -0.2) is 4.98 Å². The van der Waals surface area contributed by atoms with E-state index in [4.69, 9.17) is 11.5 Å². The van der Waals surface area contributed by atoms with Gasteiger partial charge in [0.15, 0.2) is 0 Å². The van der Waals surface area contributed by atoms with E-state index in [0.717, 1.165) is 4.47 Å². The van der Waals surface area contributed by atoms with E-state index in [2.05, 4.69) is 36.8 Å². The highest BCUT2D eigenvalue weighted by Gasteiger charge is 2.16. The van der Waals surface area contributed by atoms with E-state index in [-0.39, 0.29) is 13.1 Å². The molecule has 92 valence electrons. The van der Waals surface area contributed by atoms with Gasteiger partial charge in [0.05, 0.1) is 17.6 Å². The first-order valence-corrected chi connectivity index (χ1v) is 6.11. The Bertz CT molecular complexity index is 437. The van der Waals surface area contributed by atoms with Crippen LogP contribution in [0.15, 0.2) is 21.2 Å². The van der Waals surface area contributed by atoms with Gasteiger partial charge in [-0.1, -0.05) is 0 Å². The van der Waals surface area contributed by atoms with Gasteiger partial charge in [0.25, 0.3) is 0 Å². The molecule has 0 aliphatic carbocycles. The number of nitrogens with zero attached hydrogens (tertiary/aromatic N) is 2. The number of anilines is 1. The largest absolute Gasteiger partial charge is 0.368 e. The molecule has 0 unspecified atom stereocenters. The van der Waals surface area contributed by atoms with E-state index in [1.807, 2.05) is 0 Å². The summed E-state index contributed by atoms with van der Waals surface area (Å²) in [4.78, 5) is 27.3. The Morgan fingerprint density at radius 1 is 1.24 bits per heavy atom. The van der Waals surface area contributed by atoms with Crippen molar-refractivity contribution in [2.45, 2.75) is 0 Å². The summed E-state index contributed by atoms with van der Waals surface area (Å²) in [6, 6.07) is 1.75. The molecule has 0 bridgehead atoms. The number of carbonyl (C=O) groups excluding carboxylic acids is 2. The Balaban J connectivity index is 3.02. The number of nitrogens with two attached hydrogens (primary N) is 2. The molecule has 0 aromatic carbocycles. The third-order valence-electron chi connectivity index (χ3n) is 1.78. The summed E-state index contributed by atoms with van der Waals surface area (Å²) in [6.45, 7) is -0.258. The second kappa shape index (κ2) is 5.97. The van der Waals surface area contributed by atoms with Crippen LogP contribution in [0.2, 0.25) is 0 Å². The number of halogens is 2. The minimum Gasteiger partial charge on any atom is -0.368 e. The maximum atomic E-state index is 10.9. The first kappa shape index (κ1) is 13.9. The minimum absolute atomic E-state index is 0.129. The Morgan fingerprint density at radius 2 is 1.76 bits per heavy atom. The van der Waals surface area contributed by atoms with Gasteiger partial charge in [-0.15, -0.1) is 0 Å². The highest BCUT2D eigenvalue weighted by atomic mass is 79.9. The summed E-state index contributed by atoms with van der Waals surface area (Å²) in [6.07, 6.45) is 1.55. The molecule has 0 radical (unpaired) electrons. The van der Waals surface area contributed by atoms with Crippen molar-refractivity contribution in [1.82, 2.24) is 4.98 Å². The summed E-state index contributed by atoms with van der Waals surface area (Å²) >= 11 is 6.54. The number of hydrogen-bond donors (Lipinski definition) is 2. The zero-order valence-corrected chi connectivity index (χ0v) is 11.9. The second-order valence-electron chi connectivity index (χ2n) is 3.25. The average Bonchev–Trinajstić information content (AvgIpc) is 2.14. The zero-order chi connectivity index (χ0) is 13.0. The van der Waals surface area contributed by atoms with Crippen LogP contribution in [0.5, 0.6) is 0 Å². The molecule has 0 aliphatic heterocycles. The molecule has 0 spiro atoms. The molecule has 4 N–H and O–H groups in total. The van der Waals surface area contributed by atoms with Gasteiger partial charge < -0.3 is 16.4 Å². The number of amides is 2. The van der Waals surface area contributed by atoms with Crippen molar-refractivity contribution >= 4 is 49.5 Å². The molecule has 1 aromatic rings. The highest BCUT2D eigenvalue weighted by molar-refractivity contribution is 9.11. The van der Waals surface area contributed by atoms with Gasteiger partial charge in [0, 0.05) is 10.7 Å².